The van der Waals surface area contributed by atoms with E-state index in [9.17, 15) is 0 Å². The highest BCUT2D eigenvalue weighted by Crippen LogP contribution is 2.25. The number of rotatable bonds is 10. The summed E-state index contributed by atoms with van der Waals surface area (Å²) in [7, 11) is 0. The van der Waals surface area contributed by atoms with Gasteiger partial charge in [0, 0.05) is 5.33 Å². The molecule has 0 aliphatic rings. The lowest BCUT2D eigenvalue weighted by Gasteiger charge is -2.14. The molecular formula is C18H29Br. The summed E-state index contributed by atoms with van der Waals surface area (Å²) in [6.07, 6.45) is 11.1. The Bertz CT molecular complexity index is 315. The van der Waals surface area contributed by atoms with Gasteiger partial charge in [0.1, 0.15) is 0 Å². The Balaban J connectivity index is 2.20. The summed E-state index contributed by atoms with van der Waals surface area (Å²) in [5.74, 6) is 0.691. The molecular weight excluding hydrogens is 296 g/mol. The number of unbranched alkanes of at least 4 members (excludes halogenated alkanes) is 6. The molecule has 108 valence electrons. The molecule has 0 amide bonds. The van der Waals surface area contributed by atoms with Crippen molar-refractivity contribution < 1.29 is 0 Å². The van der Waals surface area contributed by atoms with Crippen molar-refractivity contribution in [2.45, 2.75) is 71.1 Å². The predicted octanol–water partition coefficient (Wildman–Crippen LogP) is 6.61. The number of alkyl halides is 1. The standard InChI is InChI=1S/C18H29Br/c1-3-4-5-6-7-8-9-10-18(15-19)17-13-11-16(2)12-14-17/h11-14,18H,3-10,15H2,1-2H3. The van der Waals surface area contributed by atoms with Crippen LogP contribution in [0.3, 0.4) is 0 Å². The van der Waals surface area contributed by atoms with Crippen molar-refractivity contribution in [3.05, 3.63) is 35.4 Å². The first-order chi connectivity index (χ1) is 9.27. The third-order valence-electron chi connectivity index (χ3n) is 3.89. The second-order valence-electron chi connectivity index (χ2n) is 5.67. The number of benzene rings is 1. The lowest BCUT2D eigenvalue weighted by Crippen LogP contribution is -2.00. The predicted molar refractivity (Wildman–Crippen MR) is 90.3 cm³/mol. The van der Waals surface area contributed by atoms with Crippen LogP contribution in [0.15, 0.2) is 24.3 Å². The number of hydrogen-bond donors (Lipinski definition) is 0. The summed E-state index contributed by atoms with van der Waals surface area (Å²) in [5, 5.41) is 1.09. The number of halogens is 1. The number of hydrogen-bond acceptors (Lipinski definition) is 0. The van der Waals surface area contributed by atoms with E-state index >= 15 is 0 Å². The molecule has 1 aromatic rings. The van der Waals surface area contributed by atoms with Gasteiger partial charge in [-0.15, -0.1) is 0 Å². The van der Waals surface area contributed by atoms with E-state index in [2.05, 4.69) is 54.0 Å². The molecule has 0 heterocycles. The lowest BCUT2D eigenvalue weighted by molar-refractivity contribution is 0.553. The Labute approximate surface area is 128 Å². The summed E-state index contributed by atoms with van der Waals surface area (Å²) < 4.78 is 0. The van der Waals surface area contributed by atoms with Gasteiger partial charge in [-0.2, -0.15) is 0 Å². The molecule has 1 aromatic carbocycles. The highest BCUT2D eigenvalue weighted by atomic mass is 79.9. The van der Waals surface area contributed by atoms with Gasteiger partial charge in [-0.05, 0) is 24.8 Å². The van der Waals surface area contributed by atoms with E-state index in [1.54, 1.807) is 0 Å². The summed E-state index contributed by atoms with van der Waals surface area (Å²) in [4.78, 5) is 0. The molecule has 1 heteroatoms. The van der Waals surface area contributed by atoms with Crippen molar-refractivity contribution in [1.82, 2.24) is 0 Å². The minimum atomic E-state index is 0.691. The Morgan fingerprint density at radius 2 is 1.47 bits per heavy atom. The quantitative estimate of drug-likeness (QED) is 0.335. The minimum Gasteiger partial charge on any atom is -0.0921 e. The van der Waals surface area contributed by atoms with E-state index in [1.807, 2.05) is 0 Å². The maximum absolute atomic E-state index is 3.67. The normalized spacial score (nSPS) is 12.6. The van der Waals surface area contributed by atoms with Crippen LogP contribution in [0.25, 0.3) is 0 Å². The average Bonchev–Trinajstić information content (AvgIpc) is 2.43. The van der Waals surface area contributed by atoms with Gasteiger partial charge in [-0.25, -0.2) is 0 Å². The second kappa shape index (κ2) is 10.5. The summed E-state index contributed by atoms with van der Waals surface area (Å²) in [6, 6.07) is 9.05. The minimum absolute atomic E-state index is 0.691. The summed E-state index contributed by atoms with van der Waals surface area (Å²) in [5.41, 5.74) is 2.85. The van der Waals surface area contributed by atoms with Gasteiger partial charge in [0.05, 0.1) is 0 Å². The maximum atomic E-state index is 3.67. The zero-order valence-electron chi connectivity index (χ0n) is 12.6. The van der Waals surface area contributed by atoms with E-state index in [4.69, 9.17) is 0 Å². The van der Waals surface area contributed by atoms with E-state index in [1.165, 1.54) is 62.5 Å². The fourth-order valence-electron chi connectivity index (χ4n) is 2.52. The van der Waals surface area contributed by atoms with Gasteiger partial charge >= 0.3 is 0 Å². The molecule has 0 N–H and O–H groups in total. The van der Waals surface area contributed by atoms with Crippen LogP contribution in [-0.4, -0.2) is 5.33 Å². The molecule has 1 atom stereocenters. The fourth-order valence-corrected chi connectivity index (χ4v) is 3.22. The third kappa shape index (κ3) is 7.15. The van der Waals surface area contributed by atoms with Crippen LogP contribution in [0.1, 0.15) is 75.3 Å². The van der Waals surface area contributed by atoms with Crippen molar-refractivity contribution >= 4 is 15.9 Å². The van der Waals surface area contributed by atoms with E-state index in [0.29, 0.717) is 5.92 Å². The highest BCUT2D eigenvalue weighted by Gasteiger charge is 2.09. The van der Waals surface area contributed by atoms with Crippen molar-refractivity contribution in [1.29, 1.82) is 0 Å². The third-order valence-corrected chi connectivity index (χ3v) is 4.67. The van der Waals surface area contributed by atoms with Crippen LogP contribution in [0.5, 0.6) is 0 Å². The molecule has 1 unspecified atom stereocenters. The van der Waals surface area contributed by atoms with Crippen LogP contribution >= 0.6 is 15.9 Å². The molecule has 0 radical (unpaired) electrons. The smallest absolute Gasteiger partial charge is 0.0100 e. The first kappa shape index (κ1) is 16.8. The van der Waals surface area contributed by atoms with Gasteiger partial charge in [0.25, 0.3) is 0 Å². The molecule has 0 bridgehead atoms. The molecule has 0 aliphatic carbocycles. The van der Waals surface area contributed by atoms with Gasteiger partial charge in [0.2, 0.25) is 0 Å². The monoisotopic (exact) mass is 324 g/mol. The molecule has 19 heavy (non-hydrogen) atoms. The molecule has 0 aromatic heterocycles. The largest absolute Gasteiger partial charge is 0.0921 e. The van der Waals surface area contributed by atoms with E-state index < -0.39 is 0 Å². The highest BCUT2D eigenvalue weighted by molar-refractivity contribution is 9.09. The van der Waals surface area contributed by atoms with Crippen LogP contribution < -0.4 is 0 Å². The van der Waals surface area contributed by atoms with Gasteiger partial charge in [0.15, 0.2) is 0 Å². The van der Waals surface area contributed by atoms with Gasteiger partial charge < -0.3 is 0 Å². The van der Waals surface area contributed by atoms with E-state index in [-0.39, 0.29) is 0 Å². The number of aryl methyl sites for hydroxylation is 1. The van der Waals surface area contributed by atoms with Crippen molar-refractivity contribution in [3.63, 3.8) is 0 Å². The lowest BCUT2D eigenvalue weighted by atomic mass is 9.94. The van der Waals surface area contributed by atoms with Crippen LogP contribution in [0.4, 0.5) is 0 Å². The fraction of sp³-hybridized carbons (Fsp3) is 0.667. The van der Waals surface area contributed by atoms with Crippen molar-refractivity contribution in [2.24, 2.45) is 0 Å². The molecule has 0 aliphatic heterocycles. The molecule has 0 saturated carbocycles. The summed E-state index contributed by atoms with van der Waals surface area (Å²) >= 11 is 3.67. The first-order valence-electron chi connectivity index (χ1n) is 7.90. The zero-order chi connectivity index (χ0) is 13.9. The topological polar surface area (TPSA) is 0 Å². The summed E-state index contributed by atoms with van der Waals surface area (Å²) in [6.45, 7) is 4.44. The van der Waals surface area contributed by atoms with Crippen LogP contribution in [0.2, 0.25) is 0 Å². The van der Waals surface area contributed by atoms with E-state index in [0.717, 1.165) is 5.33 Å². The van der Waals surface area contributed by atoms with Crippen LogP contribution in [-0.2, 0) is 0 Å². The molecule has 0 spiro atoms. The van der Waals surface area contributed by atoms with Gasteiger partial charge in [-0.3, -0.25) is 0 Å². The van der Waals surface area contributed by atoms with Crippen molar-refractivity contribution in [3.8, 4) is 0 Å². The van der Waals surface area contributed by atoms with Crippen LogP contribution in [0, 0.1) is 6.92 Å². The average molecular weight is 325 g/mol. The molecule has 0 saturated heterocycles. The SMILES string of the molecule is CCCCCCCCCC(CBr)c1ccc(C)cc1. The Morgan fingerprint density at radius 1 is 0.895 bits per heavy atom. The van der Waals surface area contributed by atoms with Crippen molar-refractivity contribution in [2.75, 3.05) is 5.33 Å². The Morgan fingerprint density at radius 3 is 2.05 bits per heavy atom. The van der Waals surface area contributed by atoms with Gasteiger partial charge in [-0.1, -0.05) is 97.6 Å². The molecule has 0 fully saturated rings. The Kier molecular flexibility index (Phi) is 9.24. The Hall–Kier alpha value is -0.300. The second-order valence-corrected chi connectivity index (χ2v) is 6.32. The molecule has 1 rings (SSSR count). The first-order valence-corrected chi connectivity index (χ1v) is 9.02. The maximum Gasteiger partial charge on any atom is 0.0100 e. The molecule has 0 nitrogen and oxygen atoms in total. The zero-order valence-corrected chi connectivity index (χ0v) is 14.2.